The van der Waals surface area contributed by atoms with Crippen molar-refractivity contribution in [3.63, 3.8) is 0 Å². The minimum atomic E-state index is -4.46. The van der Waals surface area contributed by atoms with Crippen LogP contribution in [0.4, 0.5) is 18.9 Å². The zero-order chi connectivity index (χ0) is 18.9. The molecule has 2 aromatic carbocycles. The third-order valence-electron chi connectivity index (χ3n) is 3.25. The van der Waals surface area contributed by atoms with Crippen molar-refractivity contribution in [1.29, 1.82) is 0 Å². The first-order chi connectivity index (χ1) is 12.2. The number of hydrogen-bond donors (Lipinski definition) is 2. The highest BCUT2D eigenvalue weighted by Gasteiger charge is 2.30. The van der Waals surface area contributed by atoms with E-state index in [1.807, 2.05) is 0 Å². The molecule has 1 heterocycles. The van der Waals surface area contributed by atoms with Crippen LogP contribution in [0.15, 0.2) is 42.5 Å². The van der Waals surface area contributed by atoms with Crippen LogP contribution >= 0.6 is 11.6 Å². The van der Waals surface area contributed by atoms with Gasteiger partial charge in [-0.05, 0) is 47.7 Å². The van der Waals surface area contributed by atoms with Crippen LogP contribution in [0, 0.1) is 0 Å². The maximum absolute atomic E-state index is 12.6. The number of carbonyl (C=O) groups is 1. The maximum Gasteiger partial charge on any atom is 0.416 e. The number of halogens is 4. The van der Waals surface area contributed by atoms with Gasteiger partial charge in [-0.15, -0.1) is 15.0 Å². The van der Waals surface area contributed by atoms with E-state index in [1.54, 1.807) is 0 Å². The lowest BCUT2D eigenvalue weighted by atomic mass is 10.2. The van der Waals surface area contributed by atoms with E-state index in [0.717, 1.165) is 29.1 Å². The molecule has 0 aliphatic rings. The van der Waals surface area contributed by atoms with Crippen LogP contribution in [-0.4, -0.2) is 31.2 Å². The summed E-state index contributed by atoms with van der Waals surface area (Å²) >= 11 is 5.79. The number of phenolic OH excluding ortho intramolecular Hbond substituents is 1. The summed E-state index contributed by atoms with van der Waals surface area (Å²) in [5.41, 5.74) is -0.584. The summed E-state index contributed by atoms with van der Waals surface area (Å²) in [6.07, 6.45) is -4.46. The Morgan fingerprint density at radius 2 is 1.85 bits per heavy atom. The summed E-state index contributed by atoms with van der Waals surface area (Å²) in [6, 6.07) is 8.08. The van der Waals surface area contributed by atoms with Crippen LogP contribution in [0.3, 0.4) is 0 Å². The quantitative estimate of drug-likeness (QED) is 0.677. The van der Waals surface area contributed by atoms with Gasteiger partial charge in [0.25, 0.3) is 11.7 Å². The smallest absolute Gasteiger partial charge is 0.416 e. The lowest BCUT2D eigenvalue weighted by molar-refractivity contribution is -0.137. The Morgan fingerprint density at radius 1 is 1.15 bits per heavy atom. The van der Waals surface area contributed by atoms with Gasteiger partial charge < -0.3 is 10.4 Å². The molecule has 0 atom stereocenters. The zero-order valence-electron chi connectivity index (χ0n) is 12.7. The molecule has 11 heteroatoms. The van der Waals surface area contributed by atoms with Crippen molar-refractivity contribution >= 4 is 23.2 Å². The molecule has 134 valence electrons. The molecule has 2 N–H and O–H groups in total. The Morgan fingerprint density at radius 3 is 2.50 bits per heavy atom. The number of hydrogen-bond acceptors (Lipinski definition) is 5. The molecular formula is C15H9ClF3N5O2. The highest BCUT2D eigenvalue weighted by Crippen LogP contribution is 2.29. The SMILES string of the molecule is O=C(Nc1cc(Cl)ccc1O)c1nnn(-c2ccc(C(F)(F)F)cc2)n1. The molecule has 3 aromatic rings. The monoisotopic (exact) mass is 383 g/mol. The average Bonchev–Trinajstić information content (AvgIpc) is 3.08. The Balaban J connectivity index is 1.79. The minimum absolute atomic E-state index is 0.0494. The second-order valence-corrected chi connectivity index (χ2v) is 5.50. The molecule has 1 aromatic heterocycles. The van der Waals surface area contributed by atoms with Gasteiger partial charge >= 0.3 is 6.18 Å². The van der Waals surface area contributed by atoms with Crippen molar-refractivity contribution in [2.45, 2.75) is 6.18 Å². The number of rotatable bonds is 3. The molecule has 0 bridgehead atoms. The van der Waals surface area contributed by atoms with Crippen molar-refractivity contribution in [2.24, 2.45) is 0 Å². The van der Waals surface area contributed by atoms with Gasteiger partial charge in [-0.25, -0.2) is 0 Å². The van der Waals surface area contributed by atoms with Gasteiger partial charge in [-0.3, -0.25) is 4.79 Å². The number of amides is 1. The molecule has 0 spiro atoms. The first-order valence-corrected chi connectivity index (χ1v) is 7.39. The molecule has 0 aliphatic heterocycles. The largest absolute Gasteiger partial charge is 0.506 e. The van der Waals surface area contributed by atoms with Crippen LogP contribution in [0.2, 0.25) is 5.02 Å². The van der Waals surface area contributed by atoms with Crippen LogP contribution < -0.4 is 5.32 Å². The number of anilines is 1. The fourth-order valence-corrected chi connectivity index (χ4v) is 2.16. The summed E-state index contributed by atoms with van der Waals surface area (Å²) in [5, 5.41) is 23.3. The number of aromatic hydroxyl groups is 1. The number of nitrogens with zero attached hydrogens (tertiary/aromatic N) is 4. The summed E-state index contributed by atoms with van der Waals surface area (Å²) < 4.78 is 37.7. The Hall–Kier alpha value is -3.14. The van der Waals surface area contributed by atoms with Gasteiger partial charge in [-0.2, -0.15) is 13.2 Å². The lowest BCUT2D eigenvalue weighted by Gasteiger charge is -2.06. The highest BCUT2D eigenvalue weighted by atomic mass is 35.5. The van der Waals surface area contributed by atoms with E-state index >= 15 is 0 Å². The Bertz CT molecular complexity index is 957. The average molecular weight is 384 g/mol. The molecule has 0 saturated heterocycles. The molecule has 1 amide bonds. The third kappa shape index (κ3) is 3.75. The number of benzene rings is 2. The summed E-state index contributed by atoms with van der Waals surface area (Å²) in [4.78, 5) is 13.0. The Kier molecular flexibility index (Phi) is 4.51. The van der Waals surface area contributed by atoms with E-state index < -0.39 is 17.6 Å². The summed E-state index contributed by atoms with van der Waals surface area (Å²) in [5.74, 6) is -1.33. The Labute approximate surface area is 149 Å². The zero-order valence-corrected chi connectivity index (χ0v) is 13.5. The molecule has 0 unspecified atom stereocenters. The van der Waals surface area contributed by atoms with Crippen LogP contribution in [-0.2, 0) is 6.18 Å². The van der Waals surface area contributed by atoms with Crippen LogP contribution in [0.5, 0.6) is 5.75 Å². The summed E-state index contributed by atoms with van der Waals surface area (Å²) in [6.45, 7) is 0. The molecule has 0 aliphatic carbocycles. The van der Waals surface area contributed by atoms with Crippen molar-refractivity contribution in [1.82, 2.24) is 20.2 Å². The lowest BCUT2D eigenvalue weighted by Crippen LogP contribution is -2.14. The van der Waals surface area contributed by atoms with Gasteiger partial charge in [0.15, 0.2) is 0 Å². The van der Waals surface area contributed by atoms with E-state index in [9.17, 15) is 23.1 Å². The predicted octanol–water partition coefficient (Wildman–Crippen LogP) is 3.29. The molecule has 7 nitrogen and oxygen atoms in total. The van der Waals surface area contributed by atoms with Crippen molar-refractivity contribution in [3.05, 3.63) is 58.9 Å². The van der Waals surface area contributed by atoms with Crippen molar-refractivity contribution in [3.8, 4) is 11.4 Å². The van der Waals surface area contributed by atoms with E-state index in [4.69, 9.17) is 11.6 Å². The fraction of sp³-hybridized carbons (Fsp3) is 0.0667. The van der Waals surface area contributed by atoms with Gasteiger partial charge in [0, 0.05) is 5.02 Å². The van der Waals surface area contributed by atoms with Gasteiger partial charge in [0.05, 0.1) is 16.9 Å². The van der Waals surface area contributed by atoms with E-state index in [1.165, 1.54) is 18.2 Å². The maximum atomic E-state index is 12.6. The molecule has 0 saturated carbocycles. The normalized spacial score (nSPS) is 11.4. The molecule has 0 radical (unpaired) electrons. The van der Waals surface area contributed by atoms with Crippen molar-refractivity contribution < 1.29 is 23.1 Å². The van der Waals surface area contributed by atoms with E-state index in [0.29, 0.717) is 5.02 Å². The number of alkyl halides is 3. The molecule has 0 fully saturated rings. The van der Waals surface area contributed by atoms with Crippen LogP contribution in [0.1, 0.15) is 16.2 Å². The minimum Gasteiger partial charge on any atom is -0.506 e. The first kappa shape index (κ1) is 17.7. The topological polar surface area (TPSA) is 92.9 Å². The second kappa shape index (κ2) is 6.64. The second-order valence-electron chi connectivity index (χ2n) is 5.06. The number of tetrazole rings is 1. The highest BCUT2D eigenvalue weighted by molar-refractivity contribution is 6.31. The van der Waals surface area contributed by atoms with Gasteiger partial charge in [-0.1, -0.05) is 11.6 Å². The molecule has 3 rings (SSSR count). The number of phenols is 1. The predicted molar refractivity (Wildman–Crippen MR) is 85.2 cm³/mol. The van der Waals surface area contributed by atoms with E-state index in [2.05, 4.69) is 20.7 Å². The van der Waals surface area contributed by atoms with Gasteiger partial charge in [0.1, 0.15) is 5.75 Å². The molecular weight excluding hydrogens is 375 g/mol. The standard InChI is InChI=1S/C15H9ClF3N5O2/c16-9-3-6-12(25)11(7-9)20-14(26)13-21-23-24(22-13)10-4-1-8(2-5-10)15(17,18)19/h1-7,25H,(H,20,26). The summed E-state index contributed by atoms with van der Waals surface area (Å²) in [7, 11) is 0. The first-order valence-electron chi connectivity index (χ1n) is 7.01. The number of nitrogens with one attached hydrogen (secondary N) is 1. The fourth-order valence-electron chi connectivity index (χ4n) is 1.98. The van der Waals surface area contributed by atoms with Gasteiger partial charge in [0.2, 0.25) is 0 Å². The number of carbonyl (C=O) groups excluding carboxylic acids is 1. The molecule has 26 heavy (non-hydrogen) atoms. The van der Waals surface area contributed by atoms with Crippen molar-refractivity contribution in [2.75, 3.05) is 5.32 Å². The van der Waals surface area contributed by atoms with Crippen LogP contribution in [0.25, 0.3) is 5.69 Å². The number of aromatic nitrogens is 4. The third-order valence-corrected chi connectivity index (χ3v) is 3.48. The van der Waals surface area contributed by atoms with E-state index in [-0.39, 0.29) is 22.9 Å².